The first kappa shape index (κ1) is 11.2. The first-order valence-electron chi connectivity index (χ1n) is 4.53. The van der Waals surface area contributed by atoms with Crippen molar-refractivity contribution < 1.29 is 0 Å². The molecule has 0 saturated carbocycles. The molecule has 0 bridgehead atoms. The lowest BCUT2D eigenvalue weighted by atomic mass is 10.3. The van der Waals surface area contributed by atoms with Crippen LogP contribution >= 0.6 is 27.3 Å². The summed E-state index contributed by atoms with van der Waals surface area (Å²) >= 11 is 5.40. The average Bonchev–Trinajstić information content (AvgIpc) is 2.51. The first-order valence-corrected chi connectivity index (χ1v) is 6.33. The van der Waals surface area contributed by atoms with Crippen molar-refractivity contribution >= 4 is 27.3 Å². The maximum Gasteiger partial charge on any atom is 0.0244 e. The highest BCUT2D eigenvalue weighted by atomic mass is 79.9. The van der Waals surface area contributed by atoms with Gasteiger partial charge in [-0.05, 0) is 24.9 Å². The molecule has 0 aliphatic heterocycles. The van der Waals surface area contributed by atoms with Crippen LogP contribution in [0.1, 0.15) is 11.8 Å². The second-order valence-corrected chi connectivity index (χ2v) is 5.97. The molecule has 1 rings (SSSR count). The summed E-state index contributed by atoms with van der Waals surface area (Å²) in [7, 11) is 2.17. The van der Waals surface area contributed by atoms with E-state index in [1.807, 2.05) is 11.3 Å². The van der Waals surface area contributed by atoms with Gasteiger partial charge in [-0.15, -0.1) is 11.3 Å². The van der Waals surface area contributed by atoms with E-state index in [1.165, 1.54) is 11.3 Å². The van der Waals surface area contributed by atoms with Crippen LogP contribution in [0.25, 0.3) is 0 Å². The molecule has 3 heteroatoms. The fourth-order valence-electron chi connectivity index (χ4n) is 1.28. The molecule has 1 aromatic rings. The van der Waals surface area contributed by atoms with E-state index in [4.69, 9.17) is 0 Å². The molecule has 0 amide bonds. The topological polar surface area (TPSA) is 3.24 Å². The Bertz CT molecular complexity index is 221. The third kappa shape index (κ3) is 4.79. The first-order chi connectivity index (χ1) is 6.18. The second kappa shape index (κ2) is 5.78. The van der Waals surface area contributed by atoms with Crippen LogP contribution in [-0.2, 0) is 6.42 Å². The Hall–Kier alpha value is 0.140. The highest BCUT2D eigenvalue weighted by molar-refractivity contribution is 9.09. The molecule has 0 fully saturated rings. The Balaban J connectivity index is 2.19. The standard InChI is InChI=1S/C10H16BrNS/c1-9(11)8-12(2)6-5-10-4-3-7-13-10/h3-4,7,9H,5-6,8H2,1-2H3. The Morgan fingerprint density at radius 3 is 2.92 bits per heavy atom. The van der Waals surface area contributed by atoms with Gasteiger partial charge < -0.3 is 4.90 Å². The monoisotopic (exact) mass is 261 g/mol. The van der Waals surface area contributed by atoms with Gasteiger partial charge in [-0.2, -0.15) is 0 Å². The van der Waals surface area contributed by atoms with Crippen molar-refractivity contribution in [3.8, 4) is 0 Å². The summed E-state index contributed by atoms with van der Waals surface area (Å²) in [6, 6.07) is 4.32. The number of hydrogen-bond donors (Lipinski definition) is 0. The van der Waals surface area contributed by atoms with Crippen LogP contribution in [0.5, 0.6) is 0 Å². The predicted octanol–water partition coefficient (Wildman–Crippen LogP) is 3.01. The van der Waals surface area contributed by atoms with Crippen molar-refractivity contribution in [2.75, 3.05) is 20.1 Å². The summed E-state index contributed by atoms with van der Waals surface area (Å²) in [5.41, 5.74) is 0. The quantitative estimate of drug-likeness (QED) is 0.737. The molecule has 0 aromatic carbocycles. The fraction of sp³-hybridized carbons (Fsp3) is 0.600. The zero-order chi connectivity index (χ0) is 9.68. The van der Waals surface area contributed by atoms with Gasteiger partial charge in [0.05, 0.1) is 0 Å². The molecule has 74 valence electrons. The smallest absolute Gasteiger partial charge is 0.0244 e. The minimum atomic E-state index is 0.584. The maximum atomic E-state index is 3.55. The van der Waals surface area contributed by atoms with E-state index in [0.717, 1.165) is 13.1 Å². The SMILES string of the molecule is CC(Br)CN(C)CCc1cccs1. The van der Waals surface area contributed by atoms with E-state index < -0.39 is 0 Å². The normalized spacial score (nSPS) is 13.5. The lowest BCUT2D eigenvalue weighted by molar-refractivity contribution is 0.345. The summed E-state index contributed by atoms with van der Waals surface area (Å²) in [5.74, 6) is 0. The number of rotatable bonds is 5. The number of likely N-dealkylation sites (N-methyl/N-ethyl adjacent to an activating group) is 1. The average molecular weight is 262 g/mol. The van der Waals surface area contributed by atoms with Crippen molar-refractivity contribution in [2.45, 2.75) is 18.2 Å². The van der Waals surface area contributed by atoms with Gasteiger partial charge in [0.2, 0.25) is 0 Å². The highest BCUT2D eigenvalue weighted by Crippen LogP contribution is 2.09. The van der Waals surface area contributed by atoms with Crippen molar-refractivity contribution in [1.82, 2.24) is 4.90 Å². The van der Waals surface area contributed by atoms with Crippen LogP contribution in [0, 0.1) is 0 Å². The van der Waals surface area contributed by atoms with Crippen molar-refractivity contribution in [2.24, 2.45) is 0 Å². The molecule has 1 atom stereocenters. The number of alkyl halides is 1. The molecule has 1 heterocycles. The zero-order valence-electron chi connectivity index (χ0n) is 8.16. The van der Waals surface area contributed by atoms with E-state index in [-0.39, 0.29) is 0 Å². The molecule has 13 heavy (non-hydrogen) atoms. The van der Waals surface area contributed by atoms with E-state index in [1.54, 1.807) is 0 Å². The molecule has 0 radical (unpaired) electrons. The van der Waals surface area contributed by atoms with Crippen LogP contribution in [-0.4, -0.2) is 29.9 Å². The summed E-state index contributed by atoms with van der Waals surface area (Å²) in [6.07, 6.45) is 1.17. The van der Waals surface area contributed by atoms with E-state index in [0.29, 0.717) is 4.83 Å². The largest absolute Gasteiger partial charge is 0.305 e. The van der Waals surface area contributed by atoms with Gasteiger partial charge in [0, 0.05) is 22.8 Å². The molecule has 0 aliphatic carbocycles. The van der Waals surface area contributed by atoms with E-state index in [2.05, 4.69) is 52.3 Å². The molecule has 0 spiro atoms. The van der Waals surface area contributed by atoms with Crippen LogP contribution < -0.4 is 0 Å². The predicted molar refractivity (Wildman–Crippen MR) is 63.9 cm³/mol. The van der Waals surface area contributed by atoms with Crippen molar-refractivity contribution in [3.05, 3.63) is 22.4 Å². The van der Waals surface area contributed by atoms with Crippen molar-refractivity contribution in [1.29, 1.82) is 0 Å². The van der Waals surface area contributed by atoms with E-state index >= 15 is 0 Å². The van der Waals surface area contributed by atoms with Crippen LogP contribution in [0.2, 0.25) is 0 Å². The second-order valence-electron chi connectivity index (χ2n) is 3.37. The minimum Gasteiger partial charge on any atom is -0.305 e. The molecule has 1 nitrogen and oxygen atoms in total. The highest BCUT2D eigenvalue weighted by Gasteiger charge is 2.02. The number of halogens is 1. The Kier molecular flexibility index (Phi) is 4.99. The summed E-state index contributed by atoms with van der Waals surface area (Å²) < 4.78 is 0. The maximum absolute atomic E-state index is 3.55. The minimum absolute atomic E-state index is 0.584. The number of thiophene rings is 1. The van der Waals surface area contributed by atoms with Crippen LogP contribution in [0.3, 0.4) is 0 Å². The molecule has 0 aliphatic rings. The molecule has 0 N–H and O–H groups in total. The Labute approximate surface area is 92.9 Å². The van der Waals surface area contributed by atoms with Gasteiger partial charge >= 0.3 is 0 Å². The van der Waals surface area contributed by atoms with E-state index in [9.17, 15) is 0 Å². The molecule has 1 aromatic heterocycles. The molecule has 0 saturated heterocycles. The van der Waals surface area contributed by atoms with Gasteiger partial charge in [0.25, 0.3) is 0 Å². The third-order valence-corrected chi connectivity index (χ3v) is 3.11. The summed E-state index contributed by atoms with van der Waals surface area (Å²) in [5, 5.41) is 2.14. The summed E-state index contributed by atoms with van der Waals surface area (Å²) in [4.78, 5) is 4.42. The lowest BCUT2D eigenvalue weighted by Gasteiger charge is -2.17. The Morgan fingerprint density at radius 1 is 1.62 bits per heavy atom. The van der Waals surface area contributed by atoms with Crippen LogP contribution in [0.4, 0.5) is 0 Å². The summed E-state index contributed by atoms with van der Waals surface area (Å²) in [6.45, 7) is 4.45. The van der Waals surface area contributed by atoms with Gasteiger partial charge in [-0.25, -0.2) is 0 Å². The zero-order valence-corrected chi connectivity index (χ0v) is 10.6. The van der Waals surface area contributed by atoms with Gasteiger partial charge in [-0.3, -0.25) is 0 Å². The molecular weight excluding hydrogens is 246 g/mol. The van der Waals surface area contributed by atoms with Crippen molar-refractivity contribution in [3.63, 3.8) is 0 Å². The fourth-order valence-corrected chi connectivity index (χ4v) is 2.47. The molecular formula is C10H16BrNS. The number of nitrogens with zero attached hydrogens (tertiary/aromatic N) is 1. The van der Waals surface area contributed by atoms with Gasteiger partial charge in [-0.1, -0.05) is 28.9 Å². The molecule has 1 unspecified atom stereocenters. The third-order valence-electron chi connectivity index (χ3n) is 1.88. The van der Waals surface area contributed by atoms with Gasteiger partial charge in [0.1, 0.15) is 0 Å². The number of hydrogen-bond acceptors (Lipinski definition) is 2. The lowest BCUT2D eigenvalue weighted by Crippen LogP contribution is -2.26. The Morgan fingerprint density at radius 2 is 2.38 bits per heavy atom. The van der Waals surface area contributed by atoms with Crippen LogP contribution in [0.15, 0.2) is 17.5 Å². The van der Waals surface area contributed by atoms with Gasteiger partial charge in [0.15, 0.2) is 0 Å².